The van der Waals surface area contributed by atoms with Gasteiger partial charge in [-0.1, -0.05) is 72.0 Å². The number of allylic oxidation sites excluding steroid dienone is 2. The summed E-state index contributed by atoms with van der Waals surface area (Å²) in [5, 5.41) is 17.5. The number of hydrogen-bond acceptors (Lipinski definition) is 4. The standard InChI is InChI=1S/C23H41N3O2/c1-5-9-16-23-20(22(27)28)14-13-15-21(23)24(17-10-6-2)26(19-12-8-4)25(23)18-11-7-3/h13-15,20H,5-12,16-19H2,1-4H3,(H,27,28). The van der Waals surface area contributed by atoms with Crippen molar-refractivity contribution in [2.45, 2.75) is 91.0 Å². The van der Waals surface area contributed by atoms with Gasteiger partial charge in [-0.05, 0) is 31.8 Å². The lowest BCUT2D eigenvalue weighted by Gasteiger charge is -2.43. The Bertz CT molecular complexity index is 560. The van der Waals surface area contributed by atoms with Crippen molar-refractivity contribution >= 4 is 5.97 Å². The van der Waals surface area contributed by atoms with Crippen LogP contribution in [0, 0.1) is 5.92 Å². The summed E-state index contributed by atoms with van der Waals surface area (Å²) in [6, 6.07) is 0. The minimum absolute atomic E-state index is 0.451. The Morgan fingerprint density at radius 3 is 2.18 bits per heavy atom. The molecule has 1 saturated heterocycles. The lowest BCUT2D eigenvalue weighted by Crippen LogP contribution is -2.57. The van der Waals surface area contributed by atoms with E-state index in [0.717, 1.165) is 77.4 Å². The molecular formula is C23H41N3O2. The maximum atomic E-state index is 12.4. The van der Waals surface area contributed by atoms with Crippen molar-refractivity contribution in [2.24, 2.45) is 5.92 Å². The van der Waals surface area contributed by atoms with Crippen LogP contribution in [0.15, 0.2) is 23.9 Å². The molecular weight excluding hydrogens is 350 g/mol. The fourth-order valence-electron chi connectivity index (χ4n) is 4.64. The normalized spacial score (nSPS) is 25.2. The number of carbonyl (C=O) groups is 1. The van der Waals surface area contributed by atoms with Gasteiger partial charge < -0.3 is 5.11 Å². The molecule has 1 N–H and O–H groups in total. The van der Waals surface area contributed by atoms with Gasteiger partial charge in [0.1, 0.15) is 5.92 Å². The Morgan fingerprint density at radius 1 is 0.964 bits per heavy atom. The molecule has 0 bridgehead atoms. The Balaban J connectivity index is 2.55. The van der Waals surface area contributed by atoms with Crippen molar-refractivity contribution in [2.75, 3.05) is 19.6 Å². The van der Waals surface area contributed by atoms with Crippen LogP contribution in [0.25, 0.3) is 0 Å². The van der Waals surface area contributed by atoms with E-state index < -0.39 is 17.4 Å². The maximum absolute atomic E-state index is 12.4. The van der Waals surface area contributed by atoms with Crippen LogP contribution in [0.1, 0.15) is 85.5 Å². The predicted molar refractivity (Wildman–Crippen MR) is 115 cm³/mol. The molecule has 1 aliphatic heterocycles. The first-order valence-electron chi connectivity index (χ1n) is 11.5. The number of fused-ring (bicyclic) bond motifs is 1. The van der Waals surface area contributed by atoms with Crippen molar-refractivity contribution in [1.29, 1.82) is 0 Å². The summed E-state index contributed by atoms with van der Waals surface area (Å²) in [7, 11) is 0. The maximum Gasteiger partial charge on any atom is 0.312 e. The van der Waals surface area contributed by atoms with E-state index in [0.29, 0.717) is 0 Å². The van der Waals surface area contributed by atoms with Gasteiger partial charge in [0.15, 0.2) is 0 Å². The number of carboxylic acid groups (broad SMARTS) is 1. The summed E-state index contributed by atoms with van der Waals surface area (Å²) in [4.78, 5) is 12.4. The quantitative estimate of drug-likeness (QED) is 0.466. The summed E-state index contributed by atoms with van der Waals surface area (Å²) in [5.41, 5.74) is 0.754. The molecule has 2 atom stereocenters. The molecule has 2 unspecified atom stereocenters. The highest BCUT2D eigenvalue weighted by Gasteiger charge is 2.58. The first-order chi connectivity index (χ1) is 13.6. The lowest BCUT2D eigenvalue weighted by atomic mass is 9.74. The molecule has 5 nitrogen and oxygen atoms in total. The van der Waals surface area contributed by atoms with Crippen molar-refractivity contribution in [1.82, 2.24) is 15.1 Å². The van der Waals surface area contributed by atoms with Crippen LogP contribution in [-0.2, 0) is 4.79 Å². The molecule has 0 spiro atoms. The predicted octanol–water partition coefficient (Wildman–Crippen LogP) is 5.22. The minimum Gasteiger partial charge on any atom is -0.481 e. The van der Waals surface area contributed by atoms with E-state index in [1.807, 2.05) is 12.2 Å². The first-order valence-corrected chi connectivity index (χ1v) is 11.5. The van der Waals surface area contributed by atoms with Gasteiger partial charge in [-0.15, -0.1) is 0 Å². The molecule has 28 heavy (non-hydrogen) atoms. The average Bonchev–Trinajstić information content (AvgIpc) is 2.95. The van der Waals surface area contributed by atoms with Gasteiger partial charge in [0.05, 0.1) is 11.2 Å². The van der Waals surface area contributed by atoms with Gasteiger partial charge in [-0.25, -0.2) is 5.01 Å². The molecule has 0 amide bonds. The van der Waals surface area contributed by atoms with Gasteiger partial charge in [0.25, 0.3) is 0 Å². The van der Waals surface area contributed by atoms with E-state index in [2.05, 4.69) is 48.9 Å². The summed E-state index contributed by atoms with van der Waals surface area (Å²) in [5.74, 6) is -1.20. The van der Waals surface area contributed by atoms with Crippen molar-refractivity contribution < 1.29 is 9.90 Å². The Morgan fingerprint density at radius 2 is 1.57 bits per heavy atom. The van der Waals surface area contributed by atoms with Crippen LogP contribution in [0.5, 0.6) is 0 Å². The fourth-order valence-corrected chi connectivity index (χ4v) is 4.64. The highest BCUT2D eigenvalue weighted by molar-refractivity contribution is 5.76. The summed E-state index contributed by atoms with van der Waals surface area (Å²) in [6.07, 6.45) is 15.8. The van der Waals surface area contributed by atoms with Gasteiger partial charge in [-0.3, -0.25) is 9.80 Å². The van der Waals surface area contributed by atoms with Crippen LogP contribution in [-0.4, -0.2) is 51.4 Å². The van der Waals surface area contributed by atoms with E-state index in [1.165, 1.54) is 5.70 Å². The number of aliphatic carboxylic acids is 1. The average molecular weight is 392 g/mol. The molecule has 5 heteroatoms. The van der Waals surface area contributed by atoms with E-state index in [1.54, 1.807) is 0 Å². The van der Waals surface area contributed by atoms with Crippen molar-refractivity contribution in [3.05, 3.63) is 23.9 Å². The second-order valence-electron chi connectivity index (χ2n) is 8.18. The third-order valence-electron chi connectivity index (χ3n) is 6.15. The molecule has 1 aliphatic carbocycles. The molecule has 2 aliphatic rings. The third-order valence-corrected chi connectivity index (χ3v) is 6.15. The fraction of sp³-hybridized carbons (Fsp3) is 0.783. The largest absolute Gasteiger partial charge is 0.481 e. The molecule has 0 aromatic heterocycles. The second-order valence-corrected chi connectivity index (χ2v) is 8.18. The number of rotatable bonds is 13. The number of hydrogen-bond donors (Lipinski definition) is 1. The SMILES string of the molecule is CCCCN1C2=CC=CC(C(=O)O)C2(CCCC)N(CCCC)N1CCCC. The summed E-state index contributed by atoms with van der Waals surface area (Å²) in [6.45, 7) is 11.7. The lowest BCUT2D eigenvalue weighted by molar-refractivity contribution is -0.164. The van der Waals surface area contributed by atoms with Gasteiger partial charge in [-0.2, -0.15) is 5.12 Å². The van der Waals surface area contributed by atoms with Crippen LogP contribution in [0.2, 0.25) is 0 Å². The monoisotopic (exact) mass is 391 g/mol. The van der Waals surface area contributed by atoms with Crippen molar-refractivity contribution in [3.8, 4) is 0 Å². The molecule has 0 aromatic carbocycles. The molecule has 160 valence electrons. The Labute approximate surface area is 172 Å². The number of carboxylic acids is 1. The topological polar surface area (TPSA) is 47.0 Å². The number of unbranched alkanes of at least 4 members (excludes halogenated alkanes) is 4. The minimum atomic E-state index is -0.702. The molecule has 0 radical (unpaired) electrons. The van der Waals surface area contributed by atoms with E-state index in [4.69, 9.17) is 0 Å². The molecule has 0 aromatic rings. The van der Waals surface area contributed by atoms with E-state index >= 15 is 0 Å². The summed E-state index contributed by atoms with van der Waals surface area (Å²) < 4.78 is 0. The number of hydrazine groups is 2. The Hall–Kier alpha value is -1.33. The summed E-state index contributed by atoms with van der Waals surface area (Å²) >= 11 is 0. The second kappa shape index (κ2) is 11.0. The van der Waals surface area contributed by atoms with Crippen molar-refractivity contribution in [3.63, 3.8) is 0 Å². The van der Waals surface area contributed by atoms with Crippen LogP contribution in [0.3, 0.4) is 0 Å². The molecule has 1 heterocycles. The van der Waals surface area contributed by atoms with Gasteiger partial charge >= 0.3 is 5.97 Å². The van der Waals surface area contributed by atoms with E-state index in [-0.39, 0.29) is 0 Å². The smallest absolute Gasteiger partial charge is 0.312 e. The first kappa shape index (κ1) is 23.0. The van der Waals surface area contributed by atoms with Crippen LogP contribution in [0.4, 0.5) is 0 Å². The molecule has 0 saturated carbocycles. The zero-order valence-electron chi connectivity index (χ0n) is 18.5. The van der Waals surface area contributed by atoms with E-state index in [9.17, 15) is 9.90 Å². The highest BCUT2D eigenvalue weighted by Crippen LogP contribution is 2.49. The molecule has 1 fully saturated rings. The van der Waals surface area contributed by atoms with Crippen LogP contribution < -0.4 is 0 Å². The third kappa shape index (κ3) is 4.46. The highest BCUT2D eigenvalue weighted by atomic mass is 16.4. The van der Waals surface area contributed by atoms with Crippen LogP contribution >= 0.6 is 0 Å². The Kier molecular flexibility index (Phi) is 9.03. The molecule has 2 rings (SSSR count). The zero-order valence-corrected chi connectivity index (χ0v) is 18.5. The van der Waals surface area contributed by atoms with Gasteiger partial charge in [0, 0.05) is 19.6 Å². The zero-order chi connectivity index (χ0) is 20.6. The number of nitrogens with zero attached hydrogens (tertiary/aromatic N) is 3. The van der Waals surface area contributed by atoms with Gasteiger partial charge in [0.2, 0.25) is 0 Å².